The molecule has 0 bridgehead atoms. The molecule has 206 valence electrons. The average molecular weight is 572 g/mol. The van der Waals surface area contributed by atoms with Gasteiger partial charge in [0, 0.05) is 32.4 Å². The number of halogens is 5. The number of carbonyl (C=O) groups is 1. The van der Waals surface area contributed by atoms with Gasteiger partial charge in [-0.05, 0) is 69.5 Å². The number of alkyl halides is 3. The summed E-state index contributed by atoms with van der Waals surface area (Å²) in [5.74, 6) is -0.862. The van der Waals surface area contributed by atoms with Crippen LogP contribution in [-0.4, -0.2) is 40.5 Å². The highest BCUT2D eigenvalue weighted by atomic mass is 35.5. The summed E-state index contributed by atoms with van der Waals surface area (Å²) in [4.78, 5) is 18.4. The minimum absolute atomic E-state index is 0.0593. The number of amides is 1. The maximum absolute atomic E-state index is 13.3. The van der Waals surface area contributed by atoms with Crippen molar-refractivity contribution in [2.75, 3.05) is 23.3 Å². The number of nitrogens with one attached hydrogen (secondary N) is 2. The molecule has 1 atom stereocenters. The van der Waals surface area contributed by atoms with Crippen LogP contribution in [0.2, 0.25) is 10.0 Å². The number of imidazole rings is 1. The molecule has 3 aromatic rings. The second kappa shape index (κ2) is 10.7. The van der Waals surface area contributed by atoms with Crippen molar-refractivity contribution >= 4 is 57.7 Å². The van der Waals surface area contributed by atoms with E-state index < -0.39 is 23.8 Å². The lowest BCUT2D eigenvalue weighted by molar-refractivity contribution is -0.175. The molecule has 4 rings (SSSR count). The first-order valence-electron chi connectivity index (χ1n) is 12.2. The van der Waals surface area contributed by atoms with E-state index in [1.54, 1.807) is 61.6 Å². The molecule has 1 aliphatic heterocycles. The Morgan fingerprint density at radius 3 is 2.61 bits per heavy atom. The SMILES string of the molecule is Cn1c(Nc2cc(CNC(=O)OC(C)(C)C)cc(Cl)c2Cl)nc2ccc(N3CCC[C@H](C(F)(F)F)C3)cc21. The summed E-state index contributed by atoms with van der Waals surface area (Å²) in [5.41, 5.74) is 2.71. The molecule has 2 heterocycles. The van der Waals surface area contributed by atoms with Gasteiger partial charge >= 0.3 is 12.3 Å². The Hall–Kier alpha value is -2.85. The molecule has 2 aromatic carbocycles. The van der Waals surface area contributed by atoms with Gasteiger partial charge in [-0.3, -0.25) is 0 Å². The fourth-order valence-electron chi connectivity index (χ4n) is 4.41. The summed E-state index contributed by atoms with van der Waals surface area (Å²) in [6.45, 7) is 6.01. The zero-order valence-corrected chi connectivity index (χ0v) is 23.1. The van der Waals surface area contributed by atoms with E-state index in [4.69, 9.17) is 27.9 Å². The van der Waals surface area contributed by atoms with Crippen LogP contribution in [0.25, 0.3) is 11.0 Å². The van der Waals surface area contributed by atoms with Crippen LogP contribution in [0.1, 0.15) is 39.2 Å². The van der Waals surface area contributed by atoms with E-state index in [1.165, 1.54) is 0 Å². The summed E-state index contributed by atoms with van der Waals surface area (Å²) in [6.07, 6.45) is -4.13. The maximum Gasteiger partial charge on any atom is 0.407 e. The molecule has 38 heavy (non-hydrogen) atoms. The fourth-order valence-corrected chi connectivity index (χ4v) is 4.81. The Morgan fingerprint density at radius 2 is 1.92 bits per heavy atom. The van der Waals surface area contributed by atoms with E-state index in [2.05, 4.69) is 15.6 Å². The van der Waals surface area contributed by atoms with Crippen LogP contribution in [0.5, 0.6) is 0 Å². The quantitative estimate of drug-likeness (QED) is 0.333. The second-order valence-corrected chi connectivity index (χ2v) is 11.2. The standard InChI is InChI=1S/C26H30Cl2F3N5O2/c1-25(2,3)38-24(37)32-13-15-10-18(27)22(28)20(11-15)34-23-33-19-8-7-17(12-21(19)35(23)4)36-9-5-6-16(14-36)26(29,30)31/h7-8,10-12,16H,5-6,9,13-14H2,1-4H3,(H,32,37)(H,33,34)/t16-/m0/s1. The Kier molecular flexibility index (Phi) is 7.95. The smallest absolute Gasteiger partial charge is 0.407 e. The molecule has 12 heteroatoms. The molecule has 0 spiro atoms. The molecule has 0 saturated carbocycles. The minimum atomic E-state index is -4.20. The largest absolute Gasteiger partial charge is 0.444 e. The molecule has 0 unspecified atom stereocenters. The van der Waals surface area contributed by atoms with Gasteiger partial charge in [-0.15, -0.1) is 0 Å². The van der Waals surface area contributed by atoms with E-state index in [9.17, 15) is 18.0 Å². The third-order valence-electron chi connectivity index (χ3n) is 6.28. The lowest BCUT2D eigenvalue weighted by atomic mass is 9.97. The molecule has 0 aliphatic carbocycles. The molecule has 0 radical (unpaired) electrons. The Morgan fingerprint density at radius 1 is 1.18 bits per heavy atom. The van der Waals surface area contributed by atoms with Crippen molar-refractivity contribution in [3.05, 3.63) is 45.9 Å². The van der Waals surface area contributed by atoms with E-state index >= 15 is 0 Å². The number of aryl methyl sites for hydroxylation is 1. The Bertz CT molecular complexity index is 1340. The van der Waals surface area contributed by atoms with E-state index in [0.29, 0.717) is 40.7 Å². The van der Waals surface area contributed by atoms with Crippen LogP contribution >= 0.6 is 23.2 Å². The number of carbonyl (C=O) groups excluding carboxylic acids is 1. The number of fused-ring (bicyclic) bond motifs is 1. The van der Waals surface area contributed by atoms with E-state index in [0.717, 1.165) is 11.2 Å². The molecule has 1 aliphatic rings. The van der Waals surface area contributed by atoms with E-state index in [1.807, 2.05) is 6.07 Å². The van der Waals surface area contributed by atoms with Gasteiger partial charge in [-0.25, -0.2) is 9.78 Å². The zero-order chi connectivity index (χ0) is 27.8. The van der Waals surface area contributed by atoms with Crippen molar-refractivity contribution in [3.8, 4) is 0 Å². The van der Waals surface area contributed by atoms with Crippen molar-refractivity contribution in [1.29, 1.82) is 0 Å². The Labute approximate surface area is 229 Å². The van der Waals surface area contributed by atoms with Gasteiger partial charge in [-0.2, -0.15) is 13.2 Å². The zero-order valence-electron chi connectivity index (χ0n) is 21.5. The number of alkyl carbamates (subject to hydrolysis) is 1. The number of piperidine rings is 1. The van der Waals surface area contributed by atoms with Gasteiger partial charge in [0.05, 0.1) is 32.7 Å². The summed E-state index contributed by atoms with van der Waals surface area (Å²) in [5, 5.41) is 6.46. The number of benzene rings is 2. The number of aromatic nitrogens is 2. The fraction of sp³-hybridized carbons (Fsp3) is 0.462. The van der Waals surface area contributed by atoms with E-state index in [-0.39, 0.29) is 24.5 Å². The van der Waals surface area contributed by atoms with Crippen molar-refractivity contribution in [3.63, 3.8) is 0 Å². The van der Waals surface area contributed by atoms with Gasteiger partial charge < -0.3 is 24.8 Å². The van der Waals surface area contributed by atoms with Crippen molar-refractivity contribution in [2.45, 2.75) is 51.9 Å². The van der Waals surface area contributed by atoms with Gasteiger partial charge in [0.15, 0.2) is 0 Å². The van der Waals surface area contributed by atoms with Crippen molar-refractivity contribution in [1.82, 2.24) is 14.9 Å². The second-order valence-electron chi connectivity index (χ2n) is 10.4. The van der Waals surface area contributed by atoms with Crippen molar-refractivity contribution < 1.29 is 22.7 Å². The number of nitrogens with zero attached hydrogens (tertiary/aromatic N) is 3. The minimum Gasteiger partial charge on any atom is -0.444 e. The maximum atomic E-state index is 13.3. The van der Waals surface area contributed by atoms with Crippen LogP contribution in [0.4, 0.5) is 35.3 Å². The molecule has 1 fully saturated rings. The number of ether oxygens (including phenoxy) is 1. The third-order valence-corrected chi connectivity index (χ3v) is 7.09. The molecular weight excluding hydrogens is 542 g/mol. The number of hydrogen-bond acceptors (Lipinski definition) is 5. The predicted molar refractivity (Wildman–Crippen MR) is 145 cm³/mol. The first kappa shape index (κ1) is 28.2. The molecule has 2 N–H and O–H groups in total. The predicted octanol–water partition coefficient (Wildman–Crippen LogP) is 7.43. The summed E-state index contributed by atoms with van der Waals surface area (Å²) < 4.78 is 47.0. The number of anilines is 3. The summed E-state index contributed by atoms with van der Waals surface area (Å²) in [6, 6.07) is 8.84. The summed E-state index contributed by atoms with van der Waals surface area (Å²) >= 11 is 12.8. The molecule has 1 amide bonds. The monoisotopic (exact) mass is 571 g/mol. The lowest BCUT2D eigenvalue weighted by Gasteiger charge is -2.35. The number of hydrogen-bond donors (Lipinski definition) is 2. The highest BCUT2D eigenvalue weighted by molar-refractivity contribution is 6.43. The molecule has 7 nitrogen and oxygen atoms in total. The van der Waals surface area contributed by atoms with Crippen LogP contribution in [0.3, 0.4) is 0 Å². The van der Waals surface area contributed by atoms with Gasteiger partial charge in [0.1, 0.15) is 5.60 Å². The topological polar surface area (TPSA) is 71.4 Å². The third kappa shape index (κ3) is 6.58. The molecular formula is C26H30Cl2F3N5O2. The average Bonchev–Trinajstić information content (AvgIpc) is 3.13. The van der Waals surface area contributed by atoms with Crippen LogP contribution in [0, 0.1) is 5.92 Å². The highest BCUT2D eigenvalue weighted by Crippen LogP contribution is 2.37. The highest BCUT2D eigenvalue weighted by Gasteiger charge is 2.41. The Balaban J connectivity index is 1.54. The first-order chi connectivity index (χ1) is 17.7. The van der Waals surface area contributed by atoms with Gasteiger partial charge in [-0.1, -0.05) is 23.2 Å². The first-order valence-corrected chi connectivity index (χ1v) is 13.0. The van der Waals surface area contributed by atoms with Crippen LogP contribution in [-0.2, 0) is 18.3 Å². The normalized spacial score (nSPS) is 16.6. The van der Waals surface area contributed by atoms with Gasteiger partial charge in [0.2, 0.25) is 5.95 Å². The summed E-state index contributed by atoms with van der Waals surface area (Å²) in [7, 11) is 1.81. The van der Waals surface area contributed by atoms with Crippen LogP contribution in [0.15, 0.2) is 30.3 Å². The molecule has 1 aromatic heterocycles. The van der Waals surface area contributed by atoms with Gasteiger partial charge in [0.25, 0.3) is 0 Å². The molecule has 1 saturated heterocycles. The number of rotatable bonds is 5. The van der Waals surface area contributed by atoms with Crippen LogP contribution < -0.4 is 15.5 Å². The lowest BCUT2D eigenvalue weighted by Crippen LogP contribution is -2.41. The van der Waals surface area contributed by atoms with Crippen molar-refractivity contribution in [2.24, 2.45) is 13.0 Å².